The van der Waals surface area contributed by atoms with E-state index in [1.54, 1.807) is 30.3 Å². The quantitative estimate of drug-likeness (QED) is 0.399. The van der Waals surface area contributed by atoms with Crippen LogP contribution in [-0.4, -0.2) is 10.9 Å². The Morgan fingerprint density at radius 2 is 2.04 bits per heavy atom. The van der Waals surface area contributed by atoms with Gasteiger partial charge in [-0.3, -0.25) is 10.1 Å². The van der Waals surface area contributed by atoms with E-state index in [-0.39, 0.29) is 18.3 Å². The molecule has 0 aliphatic heterocycles. The van der Waals surface area contributed by atoms with Gasteiger partial charge in [-0.05, 0) is 55.0 Å². The van der Waals surface area contributed by atoms with E-state index in [0.29, 0.717) is 26.7 Å². The second-order valence-corrected chi connectivity index (χ2v) is 7.95. The number of carbonyl (C=O) groups is 1. The smallest absolute Gasteiger partial charge is 0.293 e. The SMILES string of the molecule is Cc1ccc2nc(NC(=O)c3ccc(COc4ccc(Cl)cc4Cl)o3)sc2c1. The highest BCUT2D eigenvalue weighted by Gasteiger charge is 2.14. The molecule has 1 N–H and O–H groups in total. The summed E-state index contributed by atoms with van der Waals surface area (Å²) in [4.78, 5) is 16.8. The highest BCUT2D eigenvalue weighted by Crippen LogP contribution is 2.29. The molecule has 4 rings (SSSR count). The van der Waals surface area contributed by atoms with Crippen LogP contribution >= 0.6 is 34.5 Å². The van der Waals surface area contributed by atoms with Gasteiger partial charge < -0.3 is 9.15 Å². The van der Waals surface area contributed by atoms with Crippen molar-refractivity contribution in [3.63, 3.8) is 0 Å². The van der Waals surface area contributed by atoms with Crippen molar-refractivity contribution < 1.29 is 13.9 Å². The average molecular weight is 433 g/mol. The number of aromatic nitrogens is 1. The topological polar surface area (TPSA) is 64.4 Å². The third kappa shape index (κ3) is 4.14. The van der Waals surface area contributed by atoms with Crippen molar-refractivity contribution in [3.05, 3.63) is 75.7 Å². The van der Waals surface area contributed by atoms with Crippen LogP contribution in [0.1, 0.15) is 21.9 Å². The van der Waals surface area contributed by atoms with Crippen molar-refractivity contribution in [2.24, 2.45) is 0 Å². The summed E-state index contributed by atoms with van der Waals surface area (Å²) < 4.78 is 12.2. The van der Waals surface area contributed by atoms with E-state index in [1.165, 1.54) is 11.3 Å². The molecule has 28 heavy (non-hydrogen) atoms. The number of hydrogen-bond donors (Lipinski definition) is 1. The largest absolute Gasteiger partial charge is 0.484 e. The molecule has 8 heteroatoms. The zero-order valence-corrected chi connectivity index (χ0v) is 17.0. The van der Waals surface area contributed by atoms with Gasteiger partial charge in [0.2, 0.25) is 0 Å². The summed E-state index contributed by atoms with van der Waals surface area (Å²) in [5, 5.41) is 4.22. The van der Waals surface area contributed by atoms with Crippen LogP contribution in [0, 0.1) is 6.92 Å². The van der Waals surface area contributed by atoms with Crippen molar-refractivity contribution in [2.75, 3.05) is 5.32 Å². The Bertz CT molecular complexity index is 1170. The van der Waals surface area contributed by atoms with Crippen molar-refractivity contribution in [3.8, 4) is 5.75 Å². The number of nitrogens with one attached hydrogen (secondary N) is 1. The Morgan fingerprint density at radius 1 is 1.18 bits per heavy atom. The molecule has 1 amide bonds. The van der Waals surface area contributed by atoms with E-state index in [0.717, 1.165) is 15.8 Å². The standard InChI is InChI=1S/C20H14Cl2N2O3S/c1-11-2-5-15-18(8-11)28-20(23-15)24-19(25)17-7-4-13(27-17)10-26-16-6-3-12(21)9-14(16)22/h2-9H,10H2,1H3,(H,23,24,25). The van der Waals surface area contributed by atoms with Crippen LogP contribution in [-0.2, 0) is 6.61 Å². The number of aryl methyl sites for hydroxylation is 1. The minimum Gasteiger partial charge on any atom is -0.484 e. The fraction of sp³-hybridized carbons (Fsp3) is 0.100. The number of nitrogens with zero attached hydrogens (tertiary/aromatic N) is 1. The molecular formula is C20H14Cl2N2O3S. The number of anilines is 1. The van der Waals surface area contributed by atoms with Crippen molar-refractivity contribution in [1.82, 2.24) is 4.98 Å². The molecule has 4 aromatic rings. The van der Waals surface area contributed by atoms with Gasteiger partial charge in [0.1, 0.15) is 18.1 Å². The molecule has 0 atom stereocenters. The van der Waals surface area contributed by atoms with Crippen LogP contribution in [0.3, 0.4) is 0 Å². The van der Waals surface area contributed by atoms with E-state index >= 15 is 0 Å². The van der Waals surface area contributed by atoms with Crippen molar-refractivity contribution in [2.45, 2.75) is 13.5 Å². The zero-order valence-electron chi connectivity index (χ0n) is 14.7. The van der Waals surface area contributed by atoms with Crippen molar-refractivity contribution >= 4 is 55.8 Å². The normalized spacial score (nSPS) is 11.0. The third-order valence-corrected chi connectivity index (χ3v) is 5.38. The third-order valence-electron chi connectivity index (χ3n) is 3.91. The van der Waals surface area contributed by atoms with E-state index < -0.39 is 0 Å². The first kappa shape index (κ1) is 18.8. The van der Waals surface area contributed by atoms with E-state index in [1.807, 2.05) is 25.1 Å². The summed E-state index contributed by atoms with van der Waals surface area (Å²) in [6.45, 7) is 2.15. The predicted octanol–water partition coefficient (Wildman–Crippen LogP) is 6.34. The molecule has 0 saturated carbocycles. The summed E-state index contributed by atoms with van der Waals surface area (Å²) in [7, 11) is 0. The molecule has 0 radical (unpaired) electrons. The van der Waals surface area contributed by atoms with Gasteiger partial charge in [-0.15, -0.1) is 0 Å². The van der Waals surface area contributed by atoms with Crippen LogP contribution in [0.25, 0.3) is 10.2 Å². The molecule has 2 aromatic heterocycles. The van der Waals surface area contributed by atoms with Gasteiger partial charge in [0.15, 0.2) is 10.9 Å². The highest BCUT2D eigenvalue weighted by atomic mass is 35.5. The molecule has 2 heterocycles. The molecule has 0 bridgehead atoms. The molecule has 2 aromatic carbocycles. The number of ether oxygens (including phenoxy) is 1. The van der Waals surface area contributed by atoms with Crippen LogP contribution in [0.4, 0.5) is 5.13 Å². The number of carbonyl (C=O) groups excluding carboxylic acids is 1. The Kier molecular flexibility index (Phi) is 5.26. The fourth-order valence-electron chi connectivity index (χ4n) is 2.56. The van der Waals surface area contributed by atoms with Gasteiger partial charge in [0.05, 0.1) is 15.2 Å². The molecule has 0 spiro atoms. The maximum atomic E-state index is 12.4. The number of halogens is 2. The second kappa shape index (κ2) is 7.83. The Balaban J connectivity index is 1.42. The summed E-state index contributed by atoms with van der Waals surface area (Å²) in [5.74, 6) is 0.789. The van der Waals surface area contributed by atoms with Crippen LogP contribution < -0.4 is 10.1 Å². The van der Waals surface area contributed by atoms with Crippen molar-refractivity contribution in [1.29, 1.82) is 0 Å². The van der Waals surface area contributed by atoms with Gasteiger partial charge in [-0.1, -0.05) is 40.6 Å². The lowest BCUT2D eigenvalue weighted by Crippen LogP contribution is -2.10. The molecule has 0 saturated heterocycles. The lowest BCUT2D eigenvalue weighted by atomic mass is 10.2. The maximum Gasteiger partial charge on any atom is 0.293 e. The van der Waals surface area contributed by atoms with E-state index in [2.05, 4.69) is 10.3 Å². The molecule has 0 aliphatic carbocycles. The zero-order chi connectivity index (χ0) is 19.7. The predicted molar refractivity (Wildman–Crippen MR) is 112 cm³/mol. The number of amides is 1. The van der Waals surface area contributed by atoms with Crippen LogP contribution in [0.5, 0.6) is 5.75 Å². The Morgan fingerprint density at radius 3 is 2.86 bits per heavy atom. The molecule has 5 nitrogen and oxygen atoms in total. The van der Waals surface area contributed by atoms with Crippen LogP contribution in [0.15, 0.2) is 52.9 Å². The van der Waals surface area contributed by atoms with Crippen LogP contribution in [0.2, 0.25) is 10.0 Å². The number of thiazole rings is 1. The van der Waals surface area contributed by atoms with Gasteiger partial charge in [0.25, 0.3) is 5.91 Å². The van der Waals surface area contributed by atoms with E-state index in [4.69, 9.17) is 32.4 Å². The summed E-state index contributed by atoms with van der Waals surface area (Å²) >= 11 is 13.4. The molecular weight excluding hydrogens is 419 g/mol. The molecule has 0 unspecified atom stereocenters. The Labute approximate surface area is 174 Å². The number of hydrogen-bond acceptors (Lipinski definition) is 5. The van der Waals surface area contributed by atoms with Gasteiger partial charge in [-0.25, -0.2) is 4.98 Å². The Hall–Kier alpha value is -2.54. The first-order valence-corrected chi connectivity index (χ1v) is 9.90. The molecule has 0 fully saturated rings. The monoisotopic (exact) mass is 432 g/mol. The molecule has 0 aliphatic rings. The summed E-state index contributed by atoms with van der Waals surface area (Å²) in [5.41, 5.74) is 1.99. The summed E-state index contributed by atoms with van der Waals surface area (Å²) in [6, 6.07) is 14.2. The lowest BCUT2D eigenvalue weighted by molar-refractivity contribution is 0.0992. The fourth-order valence-corrected chi connectivity index (χ4v) is 3.98. The van der Waals surface area contributed by atoms with Gasteiger partial charge in [-0.2, -0.15) is 0 Å². The highest BCUT2D eigenvalue weighted by molar-refractivity contribution is 7.22. The minimum absolute atomic E-state index is 0.134. The first-order chi connectivity index (χ1) is 13.5. The number of rotatable bonds is 5. The number of benzene rings is 2. The average Bonchev–Trinajstić information content (AvgIpc) is 3.27. The maximum absolute atomic E-state index is 12.4. The van der Waals surface area contributed by atoms with E-state index in [9.17, 15) is 4.79 Å². The molecule has 142 valence electrons. The lowest BCUT2D eigenvalue weighted by Gasteiger charge is -2.06. The number of furan rings is 1. The minimum atomic E-state index is -0.369. The number of fused-ring (bicyclic) bond motifs is 1. The first-order valence-electron chi connectivity index (χ1n) is 8.33. The van der Waals surface area contributed by atoms with Gasteiger partial charge in [0, 0.05) is 5.02 Å². The summed E-state index contributed by atoms with van der Waals surface area (Å²) in [6.07, 6.45) is 0. The van der Waals surface area contributed by atoms with Gasteiger partial charge >= 0.3 is 0 Å². The second-order valence-electron chi connectivity index (χ2n) is 6.07.